The number of piperidine rings is 1. The summed E-state index contributed by atoms with van der Waals surface area (Å²) in [5, 5.41) is 0.954. The van der Waals surface area contributed by atoms with Gasteiger partial charge in [-0.2, -0.15) is 0 Å². The van der Waals surface area contributed by atoms with E-state index in [1.54, 1.807) is 0 Å². The number of likely N-dealkylation sites (tertiary alicyclic amines) is 1. The third kappa shape index (κ3) is 3.42. The summed E-state index contributed by atoms with van der Waals surface area (Å²) in [5.74, 6) is 0.135. The molecule has 0 unspecified atom stereocenters. The Morgan fingerprint density at radius 1 is 1.00 bits per heavy atom. The molecule has 2 heterocycles. The zero-order chi connectivity index (χ0) is 19.8. The van der Waals surface area contributed by atoms with Crippen molar-refractivity contribution < 1.29 is 4.79 Å². The van der Waals surface area contributed by atoms with E-state index in [4.69, 9.17) is 4.98 Å². The highest BCUT2D eigenvalue weighted by molar-refractivity contribution is 6.07. The fourth-order valence-corrected chi connectivity index (χ4v) is 4.12. The lowest BCUT2D eigenvalue weighted by molar-refractivity contribution is 0.0637. The van der Waals surface area contributed by atoms with Crippen molar-refractivity contribution >= 4 is 16.8 Å². The smallest absolute Gasteiger partial charge is 0.254 e. The maximum absolute atomic E-state index is 13.5. The van der Waals surface area contributed by atoms with E-state index >= 15 is 0 Å². The van der Waals surface area contributed by atoms with Gasteiger partial charge in [-0.3, -0.25) is 4.79 Å². The number of amides is 1. The number of hydrogen-bond acceptors (Lipinski definition) is 2. The van der Waals surface area contributed by atoms with E-state index in [9.17, 15) is 4.79 Å². The number of rotatable bonds is 2. The second-order valence-electron chi connectivity index (χ2n) is 8.22. The molecule has 0 spiro atoms. The normalized spacial score (nSPS) is 17.1. The first-order valence-electron chi connectivity index (χ1n) is 10.2. The lowest BCUT2D eigenvalue weighted by Gasteiger charge is -2.33. The Bertz CT molecular complexity index is 1050. The SMILES string of the molecule is Cc1ccc2nc(-c3ccc(C)c(C)c3)cc(C(=O)N3CCCC[C@H]3C)c2c1. The number of benzene rings is 2. The van der Waals surface area contributed by atoms with E-state index in [1.807, 2.05) is 17.0 Å². The molecule has 0 bridgehead atoms. The van der Waals surface area contributed by atoms with Gasteiger partial charge in [0.15, 0.2) is 0 Å². The van der Waals surface area contributed by atoms with E-state index < -0.39 is 0 Å². The van der Waals surface area contributed by atoms with Crippen LogP contribution in [0.2, 0.25) is 0 Å². The van der Waals surface area contributed by atoms with Gasteiger partial charge in [0, 0.05) is 23.5 Å². The number of pyridine rings is 1. The summed E-state index contributed by atoms with van der Waals surface area (Å²) in [6.07, 6.45) is 3.37. The van der Waals surface area contributed by atoms with Crippen molar-refractivity contribution in [2.45, 2.75) is 53.0 Å². The Balaban J connectivity index is 1.88. The van der Waals surface area contributed by atoms with Crippen LogP contribution in [0.4, 0.5) is 0 Å². The van der Waals surface area contributed by atoms with Crippen molar-refractivity contribution in [2.75, 3.05) is 6.54 Å². The Morgan fingerprint density at radius 2 is 1.82 bits per heavy atom. The van der Waals surface area contributed by atoms with Crippen LogP contribution in [0.25, 0.3) is 22.2 Å². The molecule has 0 radical (unpaired) electrons. The maximum Gasteiger partial charge on any atom is 0.254 e. The molecule has 1 atom stereocenters. The standard InChI is InChI=1S/C25H28N2O/c1-16-8-11-23-21(13-16)22(25(28)27-12-6-5-7-19(27)4)15-24(26-23)20-10-9-17(2)18(3)14-20/h8-11,13-15,19H,5-7,12H2,1-4H3/t19-/m1/s1. The molecule has 0 saturated carbocycles. The number of aromatic nitrogens is 1. The molecule has 1 aliphatic rings. The van der Waals surface area contributed by atoms with Gasteiger partial charge in [0.1, 0.15) is 0 Å². The van der Waals surface area contributed by atoms with Crippen LogP contribution in [0.15, 0.2) is 42.5 Å². The molecule has 1 amide bonds. The van der Waals surface area contributed by atoms with Gasteiger partial charge in [-0.25, -0.2) is 4.98 Å². The minimum atomic E-state index is 0.135. The molecular formula is C25H28N2O. The Hall–Kier alpha value is -2.68. The molecule has 1 fully saturated rings. The Morgan fingerprint density at radius 3 is 2.57 bits per heavy atom. The second-order valence-corrected chi connectivity index (χ2v) is 8.22. The molecule has 1 saturated heterocycles. The van der Waals surface area contributed by atoms with Crippen LogP contribution in [-0.4, -0.2) is 28.4 Å². The molecule has 3 nitrogen and oxygen atoms in total. The summed E-state index contributed by atoms with van der Waals surface area (Å²) in [4.78, 5) is 20.5. The first-order chi connectivity index (χ1) is 13.4. The van der Waals surface area contributed by atoms with E-state index in [0.717, 1.165) is 52.7 Å². The van der Waals surface area contributed by atoms with Crippen LogP contribution in [0.3, 0.4) is 0 Å². The fourth-order valence-electron chi connectivity index (χ4n) is 4.12. The molecule has 1 aromatic heterocycles. The number of fused-ring (bicyclic) bond motifs is 1. The fraction of sp³-hybridized carbons (Fsp3) is 0.360. The summed E-state index contributed by atoms with van der Waals surface area (Å²) in [5.41, 5.74) is 7.23. The Labute approximate surface area is 167 Å². The summed E-state index contributed by atoms with van der Waals surface area (Å²) in [7, 11) is 0. The number of nitrogens with zero attached hydrogens (tertiary/aromatic N) is 2. The molecular weight excluding hydrogens is 344 g/mol. The van der Waals surface area contributed by atoms with E-state index in [-0.39, 0.29) is 5.91 Å². The summed E-state index contributed by atoms with van der Waals surface area (Å²) in [6, 6.07) is 14.9. The summed E-state index contributed by atoms with van der Waals surface area (Å²) >= 11 is 0. The molecule has 28 heavy (non-hydrogen) atoms. The van der Waals surface area contributed by atoms with Crippen molar-refractivity contribution in [3.05, 3.63) is 64.7 Å². The highest BCUT2D eigenvalue weighted by Crippen LogP contribution is 2.29. The Kier molecular flexibility index (Phi) is 4.92. The first kappa shape index (κ1) is 18.7. The number of carbonyl (C=O) groups excluding carboxylic acids is 1. The molecule has 3 heteroatoms. The van der Waals surface area contributed by atoms with Gasteiger partial charge in [-0.15, -0.1) is 0 Å². The van der Waals surface area contributed by atoms with Crippen molar-refractivity contribution in [1.82, 2.24) is 9.88 Å². The lowest BCUT2D eigenvalue weighted by Crippen LogP contribution is -2.42. The second kappa shape index (κ2) is 7.38. The highest BCUT2D eigenvalue weighted by Gasteiger charge is 2.26. The number of aryl methyl sites for hydroxylation is 3. The van der Waals surface area contributed by atoms with Crippen molar-refractivity contribution in [2.24, 2.45) is 0 Å². The van der Waals surface area contributed by atoms with Gasteiger partial charge < -0.3 is 4.90 Å². The molecule has 3 aromatic rings. The van der Waals surface area contributed by atoms with Crippen molar-refractivity contribution in [3.63, 3.8) is 0 Å². The molecule has 144 valence electrons. The van der Waals surface area contributed by atoms with Crippen LogP contribution < -0.4 is 0 Å². The van der Waals surface area contributed by atoms with E-state index in [2.05, 4.69) is 58.0 Å². The molecule has 2 aromatic carbocycles. The van der Waals surface area contributed by atoms with Crippen LogP contribution in [-0.2, 0) is 0 Å². The van der Waals surface area contributed by atoms with E-state index in [1.165, 1.54) is 17.5 Å². The van der Waals surface area contributed by atoms with E-state index in [0.29, 0.717) is 6.04 Å². The molecule has 4 rings (SSSR count). The average molecular weight is 373 g/mol. The van der Waals surface area contributed by atoms with Crippen molar-refractivity contribution in [1.29, 1.82) is 0 Å². The molecule has 0 N–H and O–H groups in total. The minimum absolute atomic E-state index is 0.135. The lowest BCUT2D eigenvalue weighted by atomic mass is 9.97. The zero-order valence-electron chi connectivity index (χ0n) is 17.2. The summed E-state index contributed by atoms with van der Waals surface area (Å²) < 4.78 is 0. The van der Waals surface area contributed by atoms with Gasteiger partial charge in [0.25, 0.3) is 5.91 Å². The third-order valence-electron chi connectivity index (χ3n) is 6.06. The van der Waals surface area contributed by atoms with Crippen LogP contribution in [0.5, 0.6) is 0 Å². The van der Waals surface area contributed by atoms with Crippen molar-refractivity contribution in [3.8, 4) is 11.3 Å². The minimum Gasteiger partial charge on any atom is -0.336 e. The largest absolute Gasteiger partial charge is 0.336 e. The predicted molar refractivity (Wildman–Crippen MR) is 116 cm³/mol. The predicted octanol–water partition coefficient (Wildman–Crippen LogP) is 5.84. The van der Waals surface area contributed by atoms with Crippen LogP contribution >= 0.6 is 0 Å². The quantitative estimate of drug-likeness (QED) is 0.566. The zero-order valence-corrected chi connectivity index (χ0v) is 17.2. The van der Waals surface area contributed by atoms with Gasteiger partial charge in [0.2, 0.25) is 0 Å². The van der Waals surface area contributed by atoms with Gasteiger partial charge in [-0.1, -0.05) is 23.8 Å². The monoisotopic (exact) mass is 372 g/mol. The average Bonchev–Trinajstić information content (AvgIpc) is 2.69. The first-order valence-corrected chi connectivity index (χ1v) is 10.2. The van der Waals surface area contributed by atoms with Gasteiger partial charge >= 0.3 is 0 Å². The van der Waals surface area contributed by atoms with Crippen LogP contribution in [0.1, 0.15) is 53.2 Å². The van der Waals surface area contributed by atoms with Crippen LogP contribution in [0, 0.1) is 20.8 Å². The molecule has 0 aliphatic carbocycles. The van der Waals surface area contributed by atoms with Gasteiger partial charge in [-0.05, 0) is 82.3 Å². The number of carbonyl (C=O) groups is 1. The maximum atomic E-state index is 13.5. The third-order valence-corrected chi connectivity index (χ3v) is 6.06. The topological polar surface area (TPSA) is 33.2 Å². The summed E-state index contributed by atoms with van der Waals surface area (Å²) in [6.45, 7) is 9.30. The molecule has 1 aliphatic heterocycles. The van der Waals surface area contributed by atoms with Gasteiger partial charge in [0.05, 0.1) is 16.8 Å². The highest BCUT2D eigenvalue weighted by atomic mass is 16.2. The number of hydrogen-bond donors (Lipinski definition) is 0.